The van der Waals surface area contributed by atoms with Gasteiger partial charge in [-0.3, -0.25) is 4.79 Å². The molecule has 0 amide bonds. The Hall–Kier alpha value is -5.76. The molecule has 19 heteroatoms. The van der Waals surface area contributed by atoms with E-state index in [4.69, 9.17) is 39.4 Å². The van der Waals surface area contributed by atoms with Gasteiger partial charge in [-0.2, -0.15) is 13.9 Å². The summed E-state index contributed by atoms with van der Waals surface area (Å²) in [6, 6.07) is 42.6. The zero-order valence-corrected chi connectivity index (χ0v) is 48.1. The van der Waals surface area contributed by atoms with Crippen molar-refractivity contribution in [3.63, 3.8) is 0 Å². The number of hydrogen-bond acceptors (Lipinski definition) is 15. The van der Waals surface area contributed by atoms with Crippen LogP contribution in [0.5, 0.6) is 11.5 Å². The van der Waals surface area contributed by atoms with E-state index in [1.165, 1.54) is 54.0 Å². The number of rotatable bonds is 26. The molecule has 7 rings (SSSR count). The van der Waals surface area contributed by atoms with E-state index in [0.29, 0.717) is 57.1 Å². The lowest BCUT2D eigenvalue weighted by Crippen LogP contribution is -2.47. The monoisotopic (exact) mass is 1130 g/mol. The Labute approximate surface area is 468 Å². The van der Waals surface area contributed by atoms with Gasteiger partial charge in [0.15, 0.2) is 6.29 Å². The standard InChI is InChI=1S/C37H47NO9S.C21H30N2O4S.C2H3N/c1-26(2)22-38(48(41,42)31-16-14-30(43-3)15-17-31)23-32(39)29(20-27-10-6-4-7-11-27)21-35(40)47-33-18-19-44-37-36(33)34(25-46-37)45-24-28-12-8-5-9-13-28;1-16(2)14-23(28(25,26)19-11-9-18(27-3)10-12-19)15-21(24)20(22)13-17-7-5-4-6-8-17;1-2-3/h4-17,26,29,32-34,36-37,39H,18-25H2,1-3H3;4-12,16,20-21,24H,13-15,22H2,1-3H3;1H3/t29-,32-,33+,34+,36-,37+;20-,21+;/m10./s1. The Bertz CT molecular complexity index is 2830. The second-order valence-electron chi connectivity index (χ2n) is 20.5. The van der Waals surface area contributed by atoms with Gasteiger partial charge in [-0.15, -0.1) is 0 Å². The van der Waals surface area contributed by atoms with Crippen LogP contribution < -0.4 is 15.2 Å². The number of benzene rings is 5. The van der Waals surface area contributed by atoms with Gasteiger partial charge in [-0.25, -0.2) is 16.8 Å². The molecule has 2 saturated heterocycles. The van der Waals surface area contributed by atoms with Crippen LogP contribution in [0.3, 0.4) is 0 Å². The van der Waals surface area contributed by atoms with E-state index in [-0.39, 0.29) is 59.7 Å². The molecule has 5 aromatic carbocycles. The number of hydrogen-bond donors (Lipinski definition) is 3. The van der Waals surface area contributed by atoms with E-state index in [1.807, 2.05) is 119 Å². The third-order valence-electron chi connectivity index (χ3n) is 13.3. The molecule has 5 aromatic rings. The summed E-state index contributed by atoms with van der Waals surface area (Å²) >= 11 is 0. The molecule has 430 valence electrons. The summed E-state index contributed by atoms with van der Waals surface area (Å²) in [6.07, 6.45) is -2.23. The van der Waals surface area contributed by atoms with Gasteiger partial charge < -0.3 is 44.4 Å². The van der Waals surface area contributed by atoms with Gasteiger partial charge in [-0.1, -0.05) is 119 Å². The van der Waals surface area contributed by atoms with Crippen LogP contribution in [-0.2, 0) is 63.2 Å². The fourth-order valence-corrected chi connectivity index (χ4v) is 12.5. The van der Waals surface area contributed by atoms with E-state index in [0.717, 1.165) is 16.7 Å². The number of nitrogens with two attached hydrogens (primary N) is 1. The van der Waals surface area contributed by atoms with Crippen LogP contribution in [0.1, 0.15) is 64.2 Å². The van der Waals surface area contributed by atoms with Crippen LogP contribution in [0, 0.1) is 35.0 Å². The molecule has 2 heterocycles. The highest BCUT2D eigenvalue weighted by Crippen LogP contribution is 2.36. The Morgan fingerprint density at radius 1 is 0.658 bits per heavy atom. The quantitative estimate of drug-likeness (QED) is 0.0451. The average molecular weight is 1130 g/mol. The van der Waals surface area contributed by atoms with E-state index >= 15 is 0 Å². The van der Waals surface area contributed by atoms with Crippen LogP contribution >= 0.6 is 0 Å². The summed E-state index contributed by atoms with van der Waals surface area (Å²) < 4.78 is 90.8. The molecule has 0 unspecified atom stereocenters. The minimum atomic E-state index is -3.96. The molecular weight excluding hydrogens is 1050 g/mol. The largest absolute Gasteiger partial charge is 0.497 e. The topological polar surface area (TPSA) is 237 Å². The van der Waals surface area contributed by atoms with Crippen molar-refractivity contribution < 1.29 is 60.3 Å². The van der Waals surface area contributed by atoms with Gasteiger partial charge in [-0.05, 0) is 89.9 Å². The SMILES string of the molecule is CC#N.COc1ccc(S(=O)(=O)N(CC(C)C)C[C@@H](O)[C@@H](CC(=O)O[C@H]2CCO[C@H]3OC[C@H](OCc4ccccc4)[C@H]32)Cc2ccccc2)cc1.COc1ccc(S(=O)(=O)N(CC(C)C)C[C@@H](O)[C@@H](N)Cc2ccccc2)cc1. The number of nitriles is 1. The van der Waals surface area contributed by atoms with Gasteiger partial charge in [0.1, 0.15) is 17.6 Å². The summed E-state index contributed by atoms with van der Waals surface area (Å²) in [4.78, 5) is 13.9. The number of ether oxygens (including phenoxy) is 6. The number of aliphatic hydroxyl groups is 2. The second-order valence-corrected chi connectivity index (χ2v) is 24.3. The van der Waals surface area contributed by atoms with E-state index in [2.05, 4.69) is 0 Å². The van der Waals surface area contributed by atoms with Crippen molar-refractivity contribution in [1.82, 2.24) is 8.61 Å². The second kappa shape index (κ2) is 31.9. The van der Waals surface area contributed by atoms with Crippen molar-refractivity contribution in [2.24, 2.45) is 29.4 Å². The summed E-state index contributed by atoms with van der Waals surface area (Å²) in [5.74, 6) is -0.149. The number of nitrogens with zero attached hydrogens (tertiary/aromatic N) is 3. The Balaban J connectivity index is 0.000000314. The molecule has 0 saturated carbocycles. The van der Waals surface area contributed by atoms with Crippen LogP contribution in [0.4, 0.5) is 0 Å². The lowest BCUT2D eigenvalue weighted by atomic mass is 9.90. The number of methoxy groups -OCH3 is 2. The summed E-state index contributed by atoms with van der Waals surface area (Å²) in [7, 11) is -4.67. The summed E-state index contributed by atoms with van der Waals surface area (Å²) in [6.45, 7) is 10.5. The maximum Gasteiger partial charge on any atom is 0.306 e. The number of carbonyl (C=O) groups excluding carboxylic acids is 1. The lowest BCUT2D eigenvalue weighted by molar-refractivity contribution is -0.201. The highest BCUT2D eigenvalue weighted by molar-refractivity contribution is 7.89. The van der Waals surface area contributed by atoms with Crippen molar-refractivity contribution in [3.05, 3.63) is 156 Å². The van der Waals surface area contributed by atoms with Crippen molar-refractivity contribution in [3.8, 4) is 17.6 Å². The van der Waals surface area contributed by atoms with Crippen molar-refractivity contribution in [2.75, 3.05) is 53.6 Å². The summed E-state index contributed by atoms with van der Waals surface area (Å²) in [5, 5.41) is 29.6. The molecule has 8 atom stereocenters. The molecule has 0 bridgehead atoms. The Morgan fingerprint density at radius 3 is 1.56 bits per heavy atom. The molecule has 4 N–H and O–H groups in total. The van der Waals surface area contributed by atoms with Gasteiger partial charge in [0, 0.05) is 51.5 Å². The number of carbonyl (C=O) groups is 1. The Morgan fingerprint density at radius 2 is 1.10 bits per heavy atom. The first-order valence-corrected chi connectivity index (χ1v) is 29.5. The number of esters is 1. The molecule has 0 aromatic heterocycles. The number of aliphatic hydroxyl groups excluding tert-OH is 2. The maximum absolute atomic E-state index is 13.8. The Kier molecular flexibility index (Phi) is 25.9. The lowest BCUT2D eigenvalue weighted by Gasteiger charge is -2.35. The highest BCUT2D eigenvalue weighted by Gasteiger charge is 2.48. The molecule has 2 fully saturated rings. The van der Waals surface area contributed by atoms with Crippen LogP contribution in [0.2, 0.25) is 0 Å². The van der Waals surface area contributed by atoms with E-state index in [9.17, 15) is 31.8 Å². The zero-order chi connectivity index (χ0) is 57.5. The third kappa shape index (κ3) is 19.8. The average Bonchev–Trinajstić information content (AvgIpc) is 3.93. The molecule has 0 spiro atoms. The van der Waals surface area contributed by atoms with Gasteiger partial charge >= 0.3 is 5.97 Å². The first-order valence-electron chi connectivity index (χ1n) is 26.7. The minimum Gasteiger partial charge on any atom is -0.497 e. The highest BCUT2D eigenvalue weighted by atomic mass is 32.2. The van der Waals surface area contributed by atoms with E-state index in [1.54, 1.807) is 30.3 Å². The first-order chi connectivity index (χ1) is 37.8. The van der Waals surface area contributed by atoms with Crippen molar-refractivity contribution >= 4 is 26.0 Å². The van der Waals surface area contributed by atoms with Crippen molar-refractivity contribution in [2.45, 2.75) is 113 Å². The normalized spacial score (nSPS) is 18.7. The molecule has 17 nitrogen and oxygen atoms in total. The third-order valence-corrected chi connectivity index (χ3v) is 17.0. The first kappa shape index (κ1) is 64.1. The van der Waals surface area contributed by atoms with Gasteiger partial charge in [0.25, 0.3) is 0 Å². The van der Waals surface area contributed by atoms with Crippen LogP contribution in [0.15, 0.2) is 149 Å². The molecule has 0 radical (unpaired) electrons. The molecule has 2 aliphatic rings. The van der Waals surface area contributed by atoms with Gasteiger partial charge in [0.05, 0.1) is 80.6 Å². The molecule has 2 aliphatic heterocycles. The smallest absolute Gasteiger partial charge is 0.306 e. The fraction of sp³-hybridized carbons (Fsp3) is 0.467. The number of sulfonamides is 2. The zero-order valence-electron chi connectivity index (χ0n) is 46.5. The predicted molar refractivity (Wildman–Crippen MR) is 302 cm³/mol. The minimum absolute atomic E-state index is 0.00471. The summed E-state index contributed by atoms with van der Waals surface area (Å²) in [5.41, 5.74) is 9.12. The maximum atomic E-state index is 13.8. The van der Waals surface area contributed by atoms with Crippen molar-refractivity contribution in [1.29, 1.82) is 5.26 Å². The molecule has 0 aliphatic carbocycles. The predicted octanol–water partition coefficient (Wildman–Crippen LogP) is 7.64. The van der Waals surface area contributed by atoms with E-state index < -0.39 is 62.6 Å². The number of fused-ring (bicyclic) bond motifs is 1. The van der Waals surface area contributed by atoms with Crippen LogP contribution in [0.25, 0.3) is 0 Å². The fourth-order valence-electron chi connectivity index (χ4n) is 9.29. The molecular formula is C60H80N4O13S2. The van der Waals surface area contributed by atoms with Crippen LogP contribution in [-0.4, -0.2) is 132 Å². The van der Waals surface area contributed by atoms with Gasteiger partial charge in [0.2, 0.25) is 20.0 Å². The molecule has 79 heavy (non-hydrogen) atoms.